The van der Waals surface area contributed by atoms with Crippen LogP contribution in [0.15, 0.2) is 48.5 Å². The first kappa shape index (κ1) is 16.6. The van der Waals surface area contributed by atoms with Crippen molar-refractivity contribution >= 4 is 17.5 Å². The van der Waals surface area contributed by atoms with Crippen molar-refractivity contribution in [1.29, 1.82) is 0 Å². The molecule has 0 saturated carbocycles. The highest BCUT2D eigenvalue weighted by Gasteiger charge is 2.30. The van der Waals surface area contributed by atoms with Gasteiger partial charge in [-0.05, 0) is 48.6 Å². The van der Waals surface area contributed by atoms with Crippen LogP contribution in [0.4, 0.5) is 0 Å². The summed E-state index contributed by atoms with van der Waals surface area (Å²) in [6, 6.07) is 16.5. The van der Waals surface area contributed by atoms with Crippen LogP contribution in [0.25, 0.3) is 0 Å². The number of halogens is 1. The van der Waals surface area contributed by atoms with Gasteiger partial charge in [-0.3, -0.25) is 9.69 Å². The number of rotatable bonds is 2. The summed E-state index contributed by atoms with van der Waals surface area (Å²) in [6.07, 6.45) is 3.34. The van der Waals surface area contributed by atoms with Gasteiger partial charge in [0.25, 0.3) is 5.91 Å². The monoisotopic (exact) mass is 354 g/mol. The van der Waals surface area contributed by atoms with Gasteiger partial charge in [-0.1, -0.05) is 41.9 Å². The van der Waals surface area contributed by atoms with E-state index < -0.39 is 0 Å². The lowest BCUT2D eigenvalue weighted by atomic mass is 9.96. The molecule has 25 heavy (non-hydrogen) atoms. The lowest BCUT2D eigenvalue weighted by Gasteiger charge is -2.41. The number of likely N-dealkylation sites (tertiary alicyclic amines) is 1. The van der Waals surface area contributed by atoms with Crippen molar-refractivity contribution in [3.05, 3.63) is 70.2 Å². The molecule has 0 spiro atoms. The maximum absolute atomic E-state index is 12.8. The predicted molar refractivity (Wildman–Crippen MR) is 101 cm³/mol. The zero-order valence-electron chi connectivity index (χ0n) is 14.3. The number of amides is 1. The van der Waals surface area contributed by atoms with E-state index in [4.69, 9.17) is 11.6 Å². The van der Waals surface area contributed by atoms with Crippen molar-refractivity contribution in [2.45, 2.75) is 31.8 Å². The Hall–Kier alpha value is -1.84. The van der Waals surface area contributed by atoms with E-state index in [0.717, 1.165) is 39.0 Å². The lowest BCUT2D eigenvalue weighted by Crippen LogP contribution is -2.51. The molecule has 4 heteroatoms. The molecule has 1 fully saturated rings. The fourth-order valence-corrected chi connectivity index (χ4v) is 4.26. The Kier molecular flexibility index (Phi) is 4.78. The molecule has 0 aromatic heterocycles. The Morgan fingerprint density at radius 3 is 2.72 bits per heavy atom. The van der Waals surface area contributed by atoms with Crippen molar-refractivity contribution < 1.29 is 4.79 Å². The number of benzene rings is 2. The van der Waals surface area contributed by atoms with Crippen LogP contribution in [0.5, 0.6) is 0 Å². The smallest absolute Gasteiger partial charge is 0.253 e. The largest absolute Gasteiger partial charge is 0.337 e. The fraction of sp³-hybridized carbons (Fsp3) is 0.381. The zero-order chi connectivity index (χ0) is 17.2. The molecular formula is C21H23ClN2O. The van der Waals surface area contributed by atoms with Gasteiger partial charge in [0.1, 0.15) is 0 Å². The molecule has 2 aromatic rings. The predicted octanol–water partition coefficient (Wildman–Crippen LogP) is 4.00. The second kappa shape index (κ2) is 7.19. The number of piperidine rings is 1. The molecule has 0 N–H and O–H groups in total. The summed E-state index contributed by atoms with van der Waals surface area (Å²) < 4.78 is 0. The van der Waals surface area contributed by atoms with Crippen molar-refractivity contribution in [2.75, 3.05) is 19.6 Å². The Morgan fingerprint density at radius 1 is 1.04 bits per heavy atom. The van der Waals surface area contributed by atoms with E-state index in [1.807, 2.05) is 23.1 Å². The standard InChI is InChI=1S/C21H23ClN2O/c22-19-8-3-7-17(13-19)21(25)24-11-4-9-20(15-24)23-12-10-16-5-1-2-6-18(16)14-23/h1-3,5-8,13,20H,4,9-12,14-15H2/t20-/m1/s1. The van der Waals surface area contributed by atoms with Gasteiger partial charge >= 0.3 is 0 Å². The molecule has 1 atom stereocenters. The minimum Gasteiger partial charge on any atom is -0.337 e. The van der Waals surface area contributed by atoms with Crippen LogP contribution >= 0.6 is 11.6 Å². The maximum Gasteiger partial charge on any atom is 0.253 e. The fourth-order valence-electron chi connectivity index (χ4n) is 4.07. The minimum absolute atomic E-state index is 0.101. The van der Waals surface area contributed by atoms with Gasteiger partial charge in [-0.15, -0.1) is 0 Å². The second-order valence-corrected chi connectivity index (χ2v) is 7.48. The van der Waals surface area contributed by atoms with Crippen molar-refractivity contribution in [1.82, 2.24) is 9.80 Å². The molecule has 2 aliphatic heterocycles. The van der Waals surface area contributed by atoms with Crippen molar-refractivity contribution in [2.24, 2.45) is 0 Å². The van der Waals surface area contributed by atoms with Gasteiger partial charge in [-0.25, -0.2) is 0 Å². The molecule has 4 rings (SSSR count). The van der Waals surface area contributed by atoms with E-state index in [1.54, 1.807) is 6.07 Å². The van der Waals surface area contributed by atoms with Gasteiger partial charge in [-0.2, -0.15) is 0 Å². The molecule has 0 radical (unpaired) electrons. The third kappa shape index (κ3) is 3.58. The highest BCUT2D eigenvalue weighted by Crippen LogP contribution is 2.25. The summed E-state index contributed by atoms with van der Waals surface area (Å²) in [6.45, 7) is 3.74. The van der Waals surface area contributed by atoms with Crippen LogP contribution in [-0.4, -0.2) is 41.4 Å². The summed E-state index contributed by atoms with van der Waals surface area (Å²) >= 11 is 6.05. The van der Waals surface area contributed by atoms with Crippen LogP contribution < -0.4 is 0 Å². The van der Waals surface area contributed by atoms with Gasteiger partial charge in [0.05, 0.1) is 0 Å². The Morgan fingerprint density at radius 2 is 1.88 bits per heavy atom. The van der Waals surface area contributed by atoms with E-state index in [0.29, 0.717) is 16.6 Å². The average Bonchev–Trinajstić information content (AvgIpc) is 2.67. The van der Waals surface area contributed by atoms with Crippen molar-refractivity contribution in [3.8, 4) is 0 Å². The number of hydrogen-bond acceptors (Lipinski definition) is 2. The van der Waals surface area contributed by atoms with Gasteiger partial charge in [0.2, 0.25) is 0 Å². The quantitative estimate of drug-likeness (QED) is 0.813. The molecular weight excluding hydrogens is 332 g/mol. The number of nitrogens with zero attached hydrogens (tertiary/aromatic N) is 2. The Labute approximate surface area is 154 Å². The maximum atomic E-state index is 12.8. The molecule has 0 aliphatic carbocycles. The van der Waals surface area contributed by atoms with Gasteiger partial charge in [0, 0.05) is 42.8 Å². The Balaban J connectivity index is 1.46. The molecule has 2 aliphatic rings. The zero-order valence-corrected chi connectivity index (χ0v) is 15.1. The summed E-state index contributed by atoms with van der Waals surface area (Å²) in [5.41, 5.74) is 3.60. The first-order valence-corrected chi connectivity index (χ1v) is 9.44. The summed E-state index contributed by atoms with van der Waals surface area (Å²) in [7, 11) is 0. The molecule has 3 nitrogen and oxygen atoms in total. The number of carbonyl (C=O) groups excluding carboxylic acids is 1. The first-order valence-electron chi connectivity index (χ1n) is 9.06. The topological polar surface area (TPSA) is 23.6 Å². The van der Waals surface area contributed by atoms with Crippen LogP contribution in [0.3, 0.4) is 0 Å². The summed E-state index contributed by atoms with van der Waals surface area (Å²) in [5.74, 6) is 0.101. The highest BCUT2D eigenvalue weighted by atomic mass is 35.5. The molecule has 130 valence electrons. The second-order valence-electron chi connectivity index (χ2n) is 7.05. The van der Waals surface area contributed by atoms with E-state index >= 15 is 0 Å². The number of hydrogen-bond donors (Lipinski definition) is 0. The normalized spacial score (nSPS) is 21.0. The Bertz CT molecular complexity index is 776. The molecule has 1 saturated heterocycles. The van der Waals surface area contributed by atoms with Gasteiger partial charge in [0.15, 0.2) is 0 Å². The third-order valence-corrected chi connectivity index (χ3v) is 5.67. The van der Waals surface area contributed by atoms with Crippen LogP contribution in [0, 0.1) is 0 Å². The lowest BCUT2D eigenvalue weighted by molar-refractivity contribution is 0.0549. The summed E-state index contributed by atoms with van der Waals surface area (Å²) in [5, 5.41) is 0.618. The SMILES string of the molecule is O=C(c1cccc(Cl)c1)N1CCC[C@@H](N2CCc3ccccc3C2)C1. The van der Waals surface area contributed by atoms with Gasteiger partial charge < -0.3 is 4.90 Å². The minimum atomic E-state index is 0.101. The molecule has 2 aromatic carbocycles. The third-order valence-electron chi connectivity index (χ3n) is 5.43. The van der Waals surface area contributed by atoms with Crippen LogP contribution in [0.1, 0.15) is 34.3 Å². The molecule has 0 unspecified atom stereocenters. The van der Waals surface area contributed by atoms with Crippen LogP contribution in [-0.2, 0) is 13.0 Å². The highest BCUT2D eigenvalue weighted by molar-refractivity contribution is 6.30. The summed E-state index contributed by atoms with van der Waals surface area (Å²) in [4.78, 5) is 17.4. The molecule has 1 amide bonds. The molecule has 0 bridgehead atoms. The molecule has 2 heterocycles. The number of fused-ring (bicyclic) bond motifs is 1. The van der Waals surface area contributed by atoms with E-state index in [2.05, 4.69) is 29.2 Å². The van der Waals surface area contributed by atoms with E-state index in [1.165, 1.54) is 17.5 Å². The van der Waals surface area contributed by atoms with E-state index in [9.17, 15) is 4.79 Å². The van der Waals surface area contributed by atoms with Crippen molar-refractivity contribution in [3.63, 3.8) is 0 Å². The first-order chi connectivity index (χ1) is 12.2. The van der Waals surface area contributed by atoms with Crippen LogP contribution in [0.2, 0.25) is 5.02 Å². The average molecular weight is 355 g/mol. The number of carbonyl (C=O) groups is 1. The van der Waals surface area contributed by atoms with E-state index in [-0.39, 0.29) is 5.91 Å².